The molecule has 0 atom stereocenters. The predicted molar refractivity (Wildman–Crippen MR) is 92.4 cm³/mol. The maximum absolute atomic E-state index is 11.4. The zero-order chi connectivity index (χ0) is 16.5. The van der Waals surface area contributed by atoms with Crippen molar-refractivity contribution in [2.45, 2.75) is 33.2 Å². The Bertz CT molecular complexity index is 661. The van der Waals surface area contributed by atoms with Crippen molar-refractivity contribution in [1.82, 2.24) is 14.9 Å². The number of benzene rings is 1. The summed E-state index contributed by atoms with van der Waals surface area (Å²) >= 11 is 0. The average molecular weight is 315 g/mol. The van der Waals surface area contributed by atoms with Crippen LogP contribution in [0, 0.1) is 0 Å². The van der Waals surface area contributed by atoms with Gasteiger partial charge in [0.1, 0.15) is 5.82 Å². The van der Waals surface area contributed by atoms with Crippen LogP contribution in [0.1, 0.15) is 26.1 Å². The van der Waals surface area contributed by atoms with Crippen LogP contribution in [-0.2, 0) is 22.5 Å². The van der Waals surface area contributed by atoms with Crippen molar-refractivity contribution in [3.63, 3.8) is 0 Å². The molecule has 0 fully saturated rings. The Morgan fingerprint density at radius 2 is 2.22 bits per heavy atom. The second-order valence-electron chi connectivity index (χ2n) is 5.26. The second kappa shape index (κ2) is 9.10. The number of ether oxygens (including phenoxy) is 1. The molecule has 0 saturated heterocycles. The normalized spacial score (nSPS) is 11.4. The summed E-state index contributed by atoms with van der Waals surface area (Å²) in [6.45, 7) is 6.69. The fourth-order valence-electron chi connectivity index (χ4n) is 2.53. The minimum Gasteiger partial charge on any atom is -0.380 e. The zero-order valence-electron chi connectivity index (χ0n) is 13.9. The van der Waals surface area contributed by atoms with Gasteiger partial charge in [0.05, 0.1) is 17.6 Å². The number of carbonyl (C=O) groups is 1. The van der Waals surface area contributed by atoms with Crippen LogP contribution >= 0.6 is 0 Å². The van der Waals surface area contributed by atoms with E-state index in [1.165, 1.54) is 6.08 Å². The molecule has 5 nitrogen and oxygen atoms in total. The first kappa shape index (κ1) is 17.2. The van der Waals surface area contributed by atoms with Crippen LogP contribution in [0.5, 0.6) is 0 Å². The number of aryl methyl sites for hydroxylation is 1. The lowest BCUT2D eigenvalue weighted by Crippen LogP contribution is -2.22. The summed E-state index contributed by atoms with van der Waals surface area (Å²) in [5.74, 6) is 1.00. The fraction of sp³-hybridized carbons (Fsp3) is 0.444. The SMILES string of the molecule is C/C=C\C(=O)NCCCc1nc2ccccc2n1CCOCC. The first-order valence-electron chi connectivity index (χ1n) is 8.18. The molecule has 0 aliphatic heterocycles. The number of imidazole rings is 1. The van der Waals surface area contributed by atoms with E-state index in [4.69, 9.17) is 9.72 Å². The maximum Gasteiger partial charge on any atom is 0.243 e. The summed E-state index contributed by atoms with van der Waals surface area (Å²) in [5, 5.41) is 2.87. The highest BCUT2D eigenvalue weighted by atomic mass is 16.5. The van der Waals surface area contributed by atoms with E-state index in [0.29, 0.717) is 13.2 Å². The molecule has 1 aromatic heterocycles. The molecule has 0 spiro atoms. The van der Waals surface area contributed by atoms with Crippen LogP contribution in [0.25, 0.3) is 11.0 Å². The molecule has 1 heterocycles. The standard InChI is InChI=1S/C18H25N3O2/c1-3-8-18(22)19-12-7-11-17-20-15-9-5-6-10-16(15)21(17)13-14-23-4-2/h3,5-6,8-10H,4,7,11-14H2,1-2H3,(H,19,22)/b8-3-. The minimum atomic E-state index is -0.0441. The third-order valence-corrected chi connectivity index (χ3v) is 3.59. The van der Waals surface area contributed by atoms with Crippen molar-refractivity contribution in [3.8, 4) is 0 Å². The first-order valence-corrected chi connectivity index (χ1v) is 8.18. The van der Waals surface area contributed by atoms with E-state index in [1.54, 1.807) is 6.08 Å². The van der Waals surface area contributed by atoms with Crippen molar-refractivity contribution in [1.29, 1.82) is 0 Å². The van der Waals surface area contributed by atoms with Gasteiger partial charge in [-0.15, -0.1) is 0 Å². The molecular weight excluding hydrogens is 290 g/mol. The number of rotatable bonds is 9. The molecule has 0 radical (unpaired) electrons. The van der Waals surface area contributed by atoms with Gasteiger partial charge in [0, 0.05) is 26.1 Å². The molecule has 0 bridgehead atoms. The highest BCUT2D eigenvalue weighted by Crippen LogP contribution is 2.17. The van der Waals surface area contributed by atoms with Gasteiger partial charge in [0.15, 0.2) is 0 Å². The van der Waals surface area contributed by atoms with Crippen molar-refractivity contribution >= 4 is 16.9 Å². The molecule has 23 heavy (non-hydrogen) atoms. The number of fused-ring (bicyclic) bond motifs is 1. The predicted octanol–water partition coefficient (Wildman–Crippen LogP) is 2.70. The van der Waals surface area contributed by atoms with Gasteiger partial charge in [0.25, 0.3) is 0 Å². The van der Waals surface area contributed by atoms with Crippen LogP contribution in [-0.4, -0.2) is 35.2 Å². The van der Waals surface area contributed by atoms with E-state index < -0.39 is 0 Å². The molecule has 1 amide bonds. The van der Waals surface area contributed by atoms with Gasteiger partial charge in [-0.3, -0.25) is 4.79 Å². The van der Waals surface area contributed by atoms with Gasteiger partial charge in [0.2, 0.25) is 5.91 Å². The number of hydrogen-bond donors (Lipinski definition) is 1. The number of amides is 1. The van der Waals surface area contributed by atoms with Gasteiger partial charge in [-0.05, 0) is 38.5 Å². The summed E-state index contributed by atoms with van der Waals surface area (Å²) in [7, 11) is 0. The lowest BCUT2D eigenvalue weighted by Gasteiger charge is -2.09. The van der Waals surface area contributed by atoms with E-state index in [0.717, 1.165) is 42.9 Å². The number of carbonyl (C=O) groups excluding carboxylic acids is 1. The smallest absolute Gasteiger partial charge is 0.243 e. The largest absolute Gasteiger partial charge is 0.380 e. The monoisotopic (exact) mass is 315 g/mol. The Balaban J connectivity index is 2.00. The number of nitrogens with one attached hydrogen (secondary N) is 1. The van der Waals surface area contributed by atoms with Crippen molar-refractivity contribution < 1.29 is 9.53 Å². The van der Waals surface area contributed by atoms with Crippen molar-refractivity contribution in [2.24, 2.45) is 0 Å². The molecular formula is C18H25N3O2. The van der Waals surface area contributed by atoms with Gasteiger partial charge < -0.3 is 14.6 Å². The molecule has 124 valence electrons. The molecule has 1 N–H and O–H groups in total. The Morgan fingerprint density at radius 3 is 3.00 bits per heavy atom. The number of nitrogens with zero attached hydrogens (tertiary/aromatic N) is 2. The number of allylic oxidation sites excluding steroid dienone is 1. The average Bonchev–Trinajstić information content (AvgIpc) is 2.90. The Hall–Kier alpha value is -2.14. The highest BCUT2D eigenvalue weighted by molar-refractivity contribution is 5.87. The lowest BCUT2D eigenvalue weighted by atomic mass is 10.3. The van der Waals surface area contributed by atoms with Gasteiger partial charge in [-0.25, -0.2) is 4.98 Å². The van der Waals surface area contributed by atoms with Crippen LogP contribution in [0.3, 0.4) is 0 Å². The summed E-state index contributed by atoms with van der Waals surface area (Å²) < 4.78 is 7.70. The highest BCUT2D eigenvalue weighted by Gasteiger charge is 2.10. The van der Waals surface area contributed by atoms with Gasteiger partial charge in [-0.2, -0.15) is 0 Å². The molecule has 0 aliphatic carbocycles. The fourth-order valence-corrected chi connectivity index (χ4v) is 2.53. The lowest BCUT2D eigenvalue weighted by molar-refractivity contribution is -0.116. The van der Waals surface area contributed by atoms with Crippen LogP contribution in [0.2, 0.25) is 0 Å². The molecule has 2 aromatic rings. The quantitative estimate of drug-likeness (QED) is 0.572. The molecule has 2 rings (SSSR count). The maximum atomic E-state index is 11.4. The summed E-state index contributed by atoms with van der Waals surface area (Å²) in [6, 6.07) is 8.15. The van der Waals surface area contributed by atoms with E-state index in [-0.39, 0.29) is 5.91 Å². The van der Waals surface area contributed by atoms with Gasteiger partial charge in [-0.1, -0.05) is 18.2 Å². The van der Waals surface area contributed by atoms with Crippen LogP contribution in [0.15, 0.2) is 36.4 Å². The first-order chi connectivity index (χ1) is 11.3. The number of para-hydroxylation sites is 2. The molecule has 0 unspecified atom stereocenters. The summed E-state index contributed by atoms with van der Waals surface area (Å²) in [4.78, 5) is 16.1. The van der Waals surface area contributed by atoms with E-state index in [9.17, 15) is 4.79 Å². The van der Waals surface area contributed by atoms with Crippen LogP contribution < -0.4 is 5.32 Å². The Kier molecular flexibility index (Phi) is 6.81. The minimum absolute atomic E-state index is 0.0441. The van der Waals surface area contributed by atoms with Crippen LogP contribution in [0.4, 0.5) is 0 Å². The third kappa shape index (κ3) is 4.93. The molecule has 5 heteroatoms. The molecule has 1 aromatic carbocycles. The molecule has 0 saturated carbocycles. The number of aromatic nitrogens is 2. The second-order valence-corrected chi connectivity index (χ2v) is 5.26. The van der Waals surface area contributed by atoms with E-state index in [1.807, 2.05) is 32.0 Å². The van der Waals surface area contributed by atoms with Crippen molar-refractivity contribution in [2.75, 3.05) is 19.8 Å². The summed E-state index contributed by atoms with van der Waals surface area (Å²) in [5.41, 5.74) is 2.15. The molecule has 0 aliphatic rings. The summed E-state index contributed by atoms with van der Waals surface area (Å²) in [6.07, 6.45) is 4.97. The Labute approximate surface area is 137 Å². The Morgan fingerprint density at radius 1 is 1.39 bits per heavy atom. The van der Waals surface area contributed by atoms with Crippen molar-refractivity contribution in [3.05, 3.63) is 42.2 Å². The topological polar surface area (TPSA) is 56.2 Å². The van der Waals surface area contributed by atoms with E-state index in [2.05, 4.69) is 16.0 Å². The zero-order valence-corrected chi connectivity index (χ0v) is 13.9. The van der Waals surface area contributed by atoms with E-state index >= 15 is 0 Å². The third-order valence-electron chi connectivity index (χ3n) is 3.59. The number of hydrogen-bond acceptors (Lipinski definition) is 3. The van der Waals surface area contributed by atoms with Gasteiger partial charge >= 0.3 is 0 Å².